The van der Waals surface area contributed by atoms with Gasteiger partial charge in [-0.05, 0) is 5.92 Å². The zero-order chi connectivity index (χ0) is 15.7. The van der Waals surface area contributed by atoms with Crippen LogP contribution in [0.4, 0.5) is 4.79 Å². The van der Waals surface area contributed by atoms with Gasteiger partial charge in [0.1, 0.15) is 13.1 Å². The molecule has 3 amide bonds. The molecule has 0 fully saturated rings. The second-order valence-corrected chi connectivity index (χ2v) is 4.83. The molecule has 0 saturated carbocycles. The van der Waals surface area contributed by atoms with Gasteiger partial charge >= 0.3 is 12.0 Å². The number of carboxylic acids is 1. The minimum Gasteiger partial charge on any atom is -0.480 e. The van der Waals surface area contributed by atoms with E-state index in [0.29, 0.717) is 6.54 Å². The van der Waals surface area contributed by atoms with E-state index in [2.05, 4.69) is 0 Å². The van der Waals surface area contributed by atoms with Crippen molar-refractivity contribution in [1.82, 2.24) is 9.80 Å². The lowest BCUT2D eigenvalue weighted by Gasteiger charge is -2.30. The first-order chi connectivity index (χ1) is 9.27. The van der Waals surface area contributed by atoms with Crippen LogP contribution in [0.5, 0.6) is 0 Å². The van der Waals surface area contributed by atoms with Crippen LogP contribution in [0.25, 0.3) is 0 Å². The summed E-state index contributed by atoms with van der Waals surface area (Å²) in [4.78, 5) is 36.5. The number of methoxy groups -OCH3 is 1. The Labute approximate surface area is 118 Å². The molecule has 0 spiro atoms. The predicted molar refractivity (Wildman–Crippen MR) is 72.1 cm³/mol. The van der Waals surface area contributed by atoms with E-state index in [0.717, 1.165) is 4.90 Å². The lowest BCUT2D eigenvalue weighted by Crippen LogP contribution is -2.50. The van der Waals surface area contributed by atoms with E-state index in [1.54, 1.807) is 0 Å². The number of nitrogens with zero attached hydrogens (tertiary/aromatic N) is 2. The third kappa shape index (κ3) is 7.57. The Morgan fingerprint density at radius 3 is 2.20 bits per heavy atom. The van der Waals surface area contributed by atoms with Crippen LogP contribution in [0.15, 0.2) is 0 Å². The Kier molecular flexibility index (Phi) is 8.30. The van der Waals surface area contributed by atoms with Gasteiger partial charge in [0, 0.05) is 20.2 Å². The topological polar surface area (TPSA) is 113 Å². The molecule has 0 bridgehead atoms. The summed E-state index contributed by atoms with van der Waals surface area (Å²) < 4.78 is 4.85. The highest BCUT2D eigenvalue weighted by atomic mass is 16.5. The van der Waals surface area contributed by atoms with Gasteiger partial charge < -0.3 is 25.4 Å². The highest BCUT2D eigenvalue weighted by Crippen LogP contribution is 2.04. The maximum absolute atomic E-state index is 12.3. The van der Waals surface area contributed by atoms with E-state index in [9.17, 15) is 14.4 Å². The second-order valence-electron chi connectivity index (χ2n) is 4.83. The van der Waals surface area contributed by atoms with Gasteiger partial charge in [-0.3, -0.25) is 9.59 Å². The van der Waals surface area contributed by atoms with E-state index in [1.807, 2.05) is 13.8 Å². The van der Waals surface area contributed by atoms with Crippen LogP contribution in [0.1, 0.15) is 13.8 Å². The van der Waals surface area contributed by atoms with Crippen molar-refractivity contribution in [2.75, 3.05) is 39.9 Å². The molecule has 20 heavy (non-hydrogen) atoms. The molecule has 0 aliphatic carbocycles. The van der Waals surface area contributed by atoms with Gasteiger partial charge in [0.05, 0.1) is 6.61 Å². The lowest BCUT2D eigenvalue weighted by molar-refractivity contribution is -0.137. The summed E-state index contributed by atoms with van der Waals surface area (Å²) in [5.74, 6) is -1.63. The smallest absolute Gasteiger partial charge is 0.323 e. The van der Waals surface area contributed by atoms with Gasteiger partial charge in [-0.1, -0.05) is 13.8 Å². The van der Waals surface area contributed by atoms with Crippen molar-refractivity contribution in [3.05, 3.63) is 0 Å². The molecule has 3 N–H and O–H groups in total. The summed E-state index contributed by atoms with van der Waals surface area (Å²) in [6.07, 6.45) is 0. The van der Waals surface area contributed by atoms with Crippen molar-refractivity contribution in [3.63, 3.8) is 0 Å². The first-order valence-electron chi connectivity index (χ1n) is 6.30. The zero-order valence-corrected chi connectivity index (χ0v) is 12.2. The highest BCUT2D eigenvalue weighted by Gasteiger charge is 2.24. The molecule has 0 aromatic rings. The molecule has 0 aliphatic rings. The number of hydrogen-bond acceptors (Lipinski definition) is 4. The van der Waals surface area contributed by atoms with Gasteiger partial charge in [-0.15, -0.1) is 0 Å². The van der Waals surface area contributed by atoms with Crippen LogP contribution >= 0.6 is 0 Å². The van der Waals surface area contributed by atoms with E-state index >= 15 is 0 Å². The van der Waals surface area contributed by atoms with Gasteiger partial charge in [0.2, 0.25) is 5.91 Å². The first-order valence-corrected chi connectivity index (χ1v) is 6.30. The molecule has 0 unspecified atom stereocenters. The third-order valence-corrected chi connectivity index (χ3v) is 2.36. The predicted octanol–water partition coefficient (Wildman–Crippen LogP) is -0.417. The largest absolute Gasteiger partial charge is 0.480 e. The number of urea groups is 1. The maximum Gasteiger partial charge on any atom is 0.323 e. The van der Waals surface area contributed by atoms with Crippen molar-refractivity contribution >= 4 is 17.9 Å². The molecular weight excluding hydrogens is 266 g/mol. The highest BCUT2D eigenvalue weighted by molar-refractivity contribution is 5.85. The number of ether oxygens (including phenoxy) is 1. The number of nitrogens with two attached hydrogens (primary N) is 1. The quantitative estimate of drug-likeness (QED) is 0.598. The molecule has 0 atom stereocenters. The van der Waals surface area contributed by atoms with Crippen LogP contribution in [-0.4, -0.2) is 72.7 Å². The van der Waals surface area contributed by atoms with E-state index < -0.39 is 24.5 Å². The van der Waals surface area contributed by atoms with Gasteiger partial charge in [-0.2, -0.15) is 0 Å². The Morgan fingerprint density at radius 1 is 1.20 bits per heavy atom. The molecule has 0 rings (SSSR count). The fraction of sp³-hybridized carbons (Fsp3) is 0.750. The molecule has 0 radical (unpaired) electrons. The van der Waals surface area contributed by atoms with Gasteiger partial charge in [0.25, 0.3) is 0 Å². The minimum absolute atomic E-state index is 0.132. The first kappa shape index (κ1) is 18.2. The number of rotatable bonds is 9. The van der Waals surface area contributed by atoms with Crippen molar-refractivity contribution in [2.24, 2.45) is 11.7 Å². The molecular formula is C12H23N3O5. The zero-order valence-electron chi connectivity index (χ0n) is 12.2. The Balaban J connectivity index is 4.90. The molecule has 0 aliphatic heterocycles. The fourth-order valence-corrected chi connectivity index (χ4v) is 1.65. The summed E-state index contributed by atoms with van der Waals surface area (Å²) in [6.45, 7) is 3.76. The molecule has 0 aromatic heterocycles. The average molecular weight is 289 g/mol. The Hall–Kier alpha value is -1.83. The number of carbonyl (C=O) groups is 3. The van der Waals surface area contributed by atoms with Crippen LogP contribution in [0, 0.1) is 5.92 Å². The monoisotopic (exact) mass is 289 g/mol. The normalized spacial score (nSPS) is 10.4. The molecule has 8 nitrogen and oxygen atoms in total. The molecule has 0 heterocycles. The second kappa shape index (κ2) is 9.13. The number of primary amides is 1. The van der Waals surface area contributed by atoms with Gasteiger partial charge in [-0.25, -0.2) is 4.79 Å². The van der Waals surface area contributed by atoms with E-state index in [4.69, 9.17) is 15.6 Å². The number of hydrogen-bond donors (Lipinski definition) is 2. The summed E-state index contributed by atoms with van der Waals surface area (Å²) in [5.41, 5.74) is 5.12. The van der Waals surface area contributed by atoms with Crippen LogP contribution < -0.4 is 5.73 Å². The minimum atomic E-state index is -1.13. The van der Waals surface area contributed by atoms with Crippen molar-refractivity contribution < 1.29 is 24.2 Å². The average Bonchev–Trinajstić information content (AvgIpc) is 2.31. The summed E-state index contributed by atoms with van der Waals surface area (Å²) in [6, 6.07) is -0.531. The van der Waals surface area contributed by atoms with Crippen molar-refractivity contribution in [2.45, 2.75) is 13.8 Å². The Morgan fingerprint density at radius 2 is 1.80 bits per heavy atom. The number of aliphatic carboxylic acids is 1. The Bertz CT molecular complexity index is 346. The molecule has 0 aromatic carbocycles. The molecule has 8 heteroatoms. The standard InChI is InChI=1S/C12H23N3O5/c1-9(2)6-15(7-10(13)16)12(19)14(4-5-20-3)8-11(17)18/h9H,4-8H2,1-3H3,(H2,13,16)(H,17,18). The van der Waals surface area contributed by atoms with E-state index in [1.165, 1.54) is 12.0 Å². The summed E-state index contributed by atoms with van der Waals surface area (Å²) in [7, 11) is 1.46. The maximum atomic E-state index is 12.3. The van der Waals surface area contributed by atoms with Crippen molar-refractivity contribution in [1.29, 1.82) is 0 Å². The van der Waals surface area contributed by atoms with Crippen LogP contribution in [-0.2, 0) is 14.3 Å². The molecule has 116 valence electrons. The third-order valence-electron chi connectivity index (χ3n) is 2.36. The lowest BCUT2D eigenvalue weighted by atomic mass is 10.2. The summed E-state index contributed by atoms with van der Waals surface area (Å²) in [5, 5.41) is 8.83. The van der Waals surface area contributed by atoms with E-state index in [-0.39, 0.29) is 25.6 Å². The van der Waals surface area contributed by atoms with Crippen LogP contribution in [0.3, 0.4) is 0 Å². The number of carboxylic acid groups (broad SMARTS) is 1. The summed E-state index contributed by atoms with van der Waals surface area (Å²) >= 11 is 0. The number of amides is 3. The fourth-order valence-electron chi connectivity index (χ4n) is 1.65. The van der Waals surface area contributed by atoms with Crippen LogP contribution in [0.2, 0.25) is 0 Å². The number of carbonyl (C=O) groups excluding carboxylic acids is 2. The SMILES string of the molecule is COCCN(CC(=O)O)C(=O)N(CC(N)=O)CC(C)C. The van der Waals surface area contributed by atoms with Gasteiger partial charge in [0.15, 0.2) is 0 Å². The molecule has 0 saturated heterocycles. The van der Waals surface area contributed by atoms with Crippen molar-refractivity contribution in [3.8, 4) is 0 Å².